The van der Waals surface area contributed by atoms with E-state index in [4.69, 9.17) is 4.74 Å². The topological polar surface area (TPSA) is 26.3 Å². The highest BCUT2D eigenvalue weighted by atomic mass is 16.5. The van der Waals surface area contributed by atoms with Crippen LogP contribution in [-0.4, -0.2) is 5.78 Å². The van der Waals surface area contributed by atoms with E-state index >= 15 is 0 Å². The fourth-order valence-electron chi connectivity index (χ4n) is 1.88. The Labute approximate surface area is 93.5 Å². The lowest BCUT2D eigenvalue weighted by molar-refractivity contribution is 0.103. The van der Waals surface area contributed by atoms with Gasteiger partial charge in [0.05, 0.1) is 5.56 Å². The molecular weight excluding hydrogens is 200 g/mol. The molecule has 2 aromatic rings. The van der Waals surface area contributed by atoms with Crippen LogP contribution in [-0.2, 0) is 6.61 Å². The first-order valence-corrected chi connectivity index (χ1v) is 5.12. The molecule has 1 aliphatic rings. The van der Waals surface area contributed by atoms with Crippen LogP contribution < -0.4 is 4.74 Å². The Kier molecular flexibility index (Phi) is 2.00. The summed E-state index contributed by atoms with van der Waals surface area (Å²) in [6.45, 7) is 0.437. The van der Waals surface area contributed by atoms with Crippen molar-refractivity contribution in [2.24, 2.45) is 0 Å². The average Bonchev–Trinajstić information content (AvgIpc) is 2.49. The molecule has 0 unspecified atom stereocenters. The van der Waals surface area contributed by atoms with Gasteiger partial charge in [-0.1, -0.05) is 36.4 Å². The van der Waals surface area contributed by atoms with Gasteiger partial charge in [0.25, 0.3) is 0 Å². The first-order chi connectivity index (χ1) is 7.86. The van der Waals surface area contributed by atoms with Gasteiger partial charge in [0.15, 0.2) is 5.78 Å². The molecule has 0 aromatic heterocycles. The Hall–Kier alpha value is -2.09. The van der Waals surface area contributed by atoms with Crippen molar-refractivity contribution >= 4 is 5.78 Å². The molecule has 0 atom stereocenters. The Morgan fingerprint density at radius 3 is 2.94 bits per heavy atom. The van der Waals surface area contributed by atoms with E-state index in [1.54, 1.807) is 12.1 Å². The van der Waals surface area contributed by atoms with Crippen molar-refractivity contribution in [1.82, 2.24) is 0 Å². The second kappa shape index (κ2) is 3.49. The van der Waals surface area contributed by atoms with Crippen molar-refractivity contribution in [1.29, 1.82) is 0 Å². The number of ketones is 1. The van der Waals surface area contributed by atoms with Gasteiger partial charge in [-0.05, 0) is 12.1 Å². The Bertz CT molecular complexity index is 509. The monoisotopic (exact) mass is 209 g/mol. The molecule has 0 spiro atoms. The number of carbonyl (C=O) groups excluding carboxylic acids is 1. The third-order valence-electron chi connectivity index (χ3n) is 2.69. The molecule has 2 heteroatoms. The van der Waals surface area contributed by atoms with Crippen LogP contribution in [0.4, 0.5) is 0 Å². The van der Waals surface area contributed by atoms with Crippen LogP contribution in [0.3, 0.4) is 0 Å². The molecule has 1 radical (unpaired) electrons. The van der Waals surface area contributed by atoms with E-state index < -0.39 is 0 Å². The van der Waals surface area contributed by atoms with Gasteiger partial charge in [-0.3, -0.25) is 4.79 Å². The summed E-state index contributed by atoms with van der Waals surface area (Å²) in [4.78, 5) is 12.2. The van der Waals surface area contributed by atoms with E-state index in [9.17, 15) is 4.79 Å². The van der Waals surface area contributed by atoms with Crippen LogP contribution in [0, 0.1) is 6.07 Å². The fraction of sp³-hybridized carbons (Fsp3) is 0.0714. The number of rotatable bonds is 0. The van der Waals surface area contributed by atoms with Gasteiger partial charge >= 0.3 is 0 Å². The molecule has 0 aliphatic carbocycles. The van der Waals surface area contributed by atoms with E-state index in [0.717, 1.165) is 5.56 Å². The van der Waals surface area contributed by atoms with E-state index in [2.05, 4.69) is 6.07 Å². The van der Waals surface area contributed by atoms with Gasteiger partial charge in [0.2, 0.25) is 0 Å². The zero-order chi connectivity index (χ0) is 11.0. The number of hydrogen-bond donors (Lipinski definition) is 0. The van der Waals surface area contributed by atoms with E-state index in [1.807, 2.05) is 30.3 Å². The second-order valence-electron chi connectivity index (χ2n) is 3.68. The maximum Gasteiger partial charge on any atom is 0.197 e. The van der Waals surface area contributed by atoms with Crippen molar-refractivity contribution in [3.05, 3.63) is 65.2 Å². The highest BCUT2D eigenvalue weighted by molar-refractivity contribution is 6.11. The standard InChI is InChI=1S/C14H9O2/c15-14-11-6-2-1-5-10(11)9-16-13-8-4-3-7-12(13)14/h1-6,8H,9H2. The number of benzene rings is 2. The lowest BCUT2D eigenvalue weighted by Crippen LogP contribution is -2.02. The summed E-state index contributed by atoms with van der Waals surface area (Å²) in [7, 11) is 0. The molecule has 0 fully saturated rings. The van der Waals surface area contributed by atoms with Gasteiger partial charge < -0.3 is 4.74 Å². The molecule has 16 heavy (non-hydrogen) atoms. The maximum atomic E-state index is 12.2. The molecule has 0 N–H and O–H groups in total. The molecule has 1 aliphatic heterocycles. The summed E-state index contributed by atoms with van der Waals surface area (Å²) >= 11 is 0. The van der Waals surface area contributed by atoms with Crippen molar-refractivity contribution in [3.8, 4) is 5.75 Å². The number of carbonyl (C=O) groups is 1. The lowest BCUT2D eigenvalue weighted by atomic mass is 9.99. The molecular formula is C14H9O2. The van der Waals surface area contributed by atoms with Gasteiger partial charge in [0.1, 0.15) is 12.4 Å². The summed E-state index contributed by atoms with van der Waals surface area (Å²) in [6.07, 6.45) is 0. The summed E-state index contributed by atoms with van der Waals surface area (Å²) in [5.41, 5.74) is 2.16. The van der Waals surface area contributed by atoms with E-state index in [0.29, 0.717) is 23.5 Å². The molecule has 2 nitrogen and oxygen atoms in total. The predicted octanol–water partition coefficient (Wildman–Crippen LogP) is 2.61. The highest BCUT2D eigenvalue weighted by Crippen LogP contribution is 2.27. The molecule has 0 amide bonds. The normalized spacial score (nSPS) is 13.4. The smallest absolute Gasteiger partial charge is 0.197 e. The van der Waals surface area contributed by atoms with Crippen molar-refractivity contribution < 1.29 is 9.53 Å². The summed E-state index contributed by atoms with van der Waals surface area (Å²) in [6, 6.07) is 15.8. The Balaban J connectivity index is 2.22. The molecule has 2 aromatic carbocycles. The van der Waals surface area contributed by atoms with Crippen molar-refractivity contribution in [2.45, 2.75) is 6.61 Å². The Morgan fingerprint density at radius 2 is 2.00 bits per heavy atom. The lowest BCUT2D eigenvalue weighted by Gasteiger charge is -2.03. The number of ether oxygens (including phenoxy) is 1. The first-order valence-electron chi connectivity index (χ1n) is 5.12. The summed E-state index contributed by atoms with van der Waals surface area (Å²) < 4.78 is 5.59. The van der Waals surface area contributed by atoms with Gasteiger partial charge in [-0.15, -0.1) is 0 Å². The third kappa shape index (κ3) is 1.31. The maximum absolute atomic E-state index is 12.2. The zero-order valence-corrected chi connectivity index (χ0v) is 8.57. The van der Waals surface area contributed by atoms with E-state index in [-0.39, 0.29) is 5.78 Å². The van der Waals surface area contributed by atoms with Gasteiger partial charge in [-0.25, -0.2) is 0 Å². The number of fused-ring (bicyclic) bond motifs is 2. The van der Waals surface area contributed by atoms with Crippen LogP contribution in [0.2, 0.25) is 0 Å². The van der Waals surface area contributed by atoms with Gasteiger partial charge in [0, 0.05) is 11.1 Å². The molecule has 0 saturated heterocycles. The van der Waals surface area contributed by atoms with E-state index in [1.165, 1.54) is 0 Å². The average molecular weight is 209 g/mol. The first kappa shape index (κ1) is 9.16. The largest absolute Gasteiger partial charge is 0.488 e. The molecule has 77 valence electrons. The molecule has 0 bridgehead atoms. The van der Waals surface area contributed by atoms with Crippen LogP contribution in [0.5, 0.6) is 5.75 Å². The molecule has 1 heterocycles. The molecule has 3 rings (SSSR count). The quantitative estimate of drug-likeness (QED) is 0.666. The minimum Gasteiger partial charge on any atom is -0.488 e. The highest BCUT2D eigenvalue weighted by Gasteiger charge is 2.21. The number of hydrogen-bond acceptors (Lipinski definition) is 2. The Morgan fingerprint density at radius 1 is 1.12 bits per heavy atom. The fourth-order valence-corrected chi connectivity index (χ4v) is 1.88. The van der Waals surface area contributed by atoms with Crippen LogP contribution >= 0.6 is 0 Å². The minimum absolute atomic E-state index is 0.0105. The third-order valence-corrected chi connectivity index (χ3v) is 2.69. The van der Waals surface area contributed by atoms with Crippen LogP contribution in [0.25, 0.3) is 0 Å². The summed E-state index contributed by atoms with van der Waals surface area (Å²) in [5, 5.41) is 0. The SMILES string of the molecule is O=C1c2[c]cccc2OCc2ccccc21. The predicted molar refractivity (Wildman–Crippen MR) is 59.5 cm³/mol. The van der Waals surface area contributed by atoms with Crippen molar-refractivity contribution in [3.63, 3.8) is 0 Å². The van der Waals surface area contributed by atoms with Crippen LogP contribution in [0.1, 0.15) is 21.5 Å². The second-order valence-corrected chi connectivity index (χ2v) is 3.68. The summed E-state index contributed by atoms with van der Waals surface area (Å²) in [5.74, 6) is 0.604. The minimum atomic E-state index is -0.0105. The molecule has 0 saturated carbocycles. The zero-order valence-electron chi connectivity index (χ0n) is 8.57. The van der Waals surface area contributed by atoms with Gasteiger partial charge in [-0.2, -0.15) is 0 Å². The van der Waals surface area contributed by atoms with Crippen molar-refractivity contribution in [2.75, 3.05) is 0 Å². The van der Waals surface area contributed by atoms with Crippen LogP contribution in [0.15, 0.2) is 42.5 Å².